The molecule has 0 bridgehead atoms. The van der Waals surface area contributed by atoms with Crippen LogP contribution in [0.1, 0.15) is 24.5 Å². The second kappa shape index (κ2) is 5.82. The zero-order valence-electron chi connectivity index (χ0n) is 10.6. The summed E-state index contributed by atoms with van der Waals surface area (Å²) in [7, 11) is 0. The van der Waals surface area contributed by atoms with E-state index in [2.05, 4.69) is 34.9 Å². The minimum absolute atomic E-state index is 0.0489. The van der Waals surface area contributed by atoms with E-state index in [4.69, 9.17) is 0 Å². The molecule has 0 aliphatic rings. The molecule has 0 saturated heterocycles. The second-order valence-electron chi connectivity index (χ2n) is 4.21. The van der Waals surface area contributed by atoms with Gasteiger partial charge in [-0.3, -0.25) is 4.79 Å². The fraction of sp³-hybridized carbons (Fsp3) is 0.385. The molecule has 0 atom stereocenters. The molecule has 0 spiro atoms. The highest BCUT2D eigenvalue weighted by atomic mass is 32.1. The van der Waals surface area contributed by atoms with Crippen LogP contribution in [-0.4, -0.2) is 9.55 Å². The number of hydrogen-bond donors (Lipinski definition) is 1. The maximum absolute atomic E-state index is 12.0. The lowest BCUT2D eigenvalue weighted by atomic mass is 10.2. The fourth-order valence-corrected chi connectivity index (χ4v) is 2.59. The van der Waals surface area contributed by atoms with Gasteiger partial charge in [0.15, 0.2) is 5.82 Å². The van der Waals surface area contributed by atoms with Gasteiger partial charge in [0.25, 0.3) is 5.56 Å². The van der Waals surface area contributed by atoms with Gasteiger partial charge in [0, 0.05) is 25.5 Å². The zero-order valence-corrected chi connectivity index (χ0v) is 11.5. The van der Waals surface area contributed by atoms with Gasteiger partial charge in [0.1, 0.15) is 0 Å². The number of aromatic nitrogens is 2. The summed E-state index contributed by atoms with van der Waals surface area (Å²) >= 11 is 1.67. The van der Waals surface area contributed by atoms with E-state index in [1.54, 1.807) is 28.3 Å². The summed E-state index contributed by atoms with van der Waals surface area (Å²) in [4.78, 5) is 16.2. The smallest absolute Gasteiger partial charge is 0.293 e. The van der Waals surface area contributed by atoms with Crippen molar-refractivity contribution in [2.75, 3.05) is 5.32 Å². The van der Waals surface area contributed by atoms with Crippen LogP contribution in [0.25, 0.3) is 0 Å². The highest BCUT2D eigenvalue weighted by Gasteiger charge is 2.05. The molecule has 2 rings (SSSR count). The van der Waals surface area contributed by atoms with Gasteiger partial charge in [0.2, 0.25) is 0 Å². The molecule has 2 heterocycles. The highest BCUT2D eigenvalue weighted by molar-refractivity contribution is 7.08. The Morgan fingerprint density at radius 2 is 2.28 bits per heavy atom. The van der Waals surface area contributed by atoms with Gasteiger partial charge in [-0.05, 0) is 35.2 Å². The van der Waals surface area contributed by atoms with E-state index in [1.165, 1.54) is 11.1 Å². The van der Waals surface area contributed by atoms with Crippen molar-refractivity contribution >= 4 is 17.2 Å². The summed E-state index contributed by atoms with van der Waals surface area (Å²) in [5.41, 5.74) is 2.41. The standard InChI is InChI=1S/C13H17N3OS/c1-3-5-16-6-4-14-12(13(16)17)15-7-11-9-18-8-10(11)2/h4,6,8-9H,3,5,7H2,1-2H3,(H,14,15). The second-order valence-corrected chi connectivity index (χ2v) is 4.95. The number of nitrogens with zero attached hydrogens (tertiary/aromatic N) is 2. The van der Waals surface area contributed by atoms with Crippen molar-refractivity contribution in [2.24, 2.45) is 0 Å². The minimum Gasteiger partial charge on any atom is -0.361 e. The maximum atomic E-state index is 12.0. The van der Waals surface area contributed by atoms with Crippen LogP contribution in [0.2, 0.25) is 0 Å². The molecule has 0 amide bonds. The number of anilines is 1. The van der Waals surface area contributed by atoms with Crippen LogP contribution in [0.4, 0.5) is 5.82 Å². The maximum Gasteiger partial charge on any atom is 0.293 e. The van der Waals surface area contributed by atoms with Crippen LogP contribution in [0, 0.1) is 6.92 Å². The first-order valence-electron chi connectivity index (χ1n) is 6.03. The van der Waals surface area contributed by atoms with Crippen molar-refractivity contribution < 1.29 is 0 Å². The van der Waals surface area contributed by atoms with Gasteiger partial charge in [0.05, 0.1) is 0 Å². The topological polar surface area (TPSA) is 46.9 Å². The van der Waals surface area contributed by atoms with Crippen molar-refractivity contribution in [1.82, 2.24) is 9.55 Å². The zero-order chi connectivity index (χ0) is 13.0. The largest absolute Gasteiger partial charge is 0.361 e. The van der Waals surface area contributed by atoms with Gasteiger partial charge < -0.3 is 9.88 Å². The van der Waals surface area contributed by atoms with Crippen LogP contribution in [0.5, 0.6) is 0 Å². The Hall–Kier alpha value is -1.62. The summed E-state index contributed by atoms with van der Waals surface area (Å²) < 4.78 is 1.69. The Morgan fingerprint density at radius 3 is 2.94 bits per heavy atom. The van der Waals surface area contributed by atoms with Crippen molar-refractivity contribution in [3.8, 4) is 0 Å². The monoisotopic (exact) mass is 263 g/mol. The Bertz CT molecular complexity index is 574. The molecule has 5 heteroatoms. The lowest BCUT2D eigenvalue weighted by Gasteiger charge is -2.08. The van der Waals surface area contributed by atoms with Crippen molar-refractivity contribution in [3.05, 3.63) is 44.6 Å². The van der Waals surface area contributed by atoms with Gasteiger partial charge in [-0.15, -0.1) is 0 Å². The summed E-state index contributed by atoms with van der Waals surface area (Å²) in [6.45, 7) is 5.50. The Balaban J connectivity index is 2.12. The van der Waals surface area contributed by atoms with Crippen LogP contribution in [-0.2, 0) is 13.1 Å². The summed E-state index contributed by atoms with van der Waals surface area (Å²) in [6, 6.07) is 0. The minimum atomic E-state index is -0.0489. The molecule has 0 aromatic carbocycles. The van der Waals surface area contributed by atoms with Crippen LogP contribution in [0.15, 0.2) is 27.9 Å². The van der Waals surface area contributed by atoms with Gasteiger partial charge >= 0.3 is 0 Å². The average Bonchev–Trinajstić information content (AvgIpc) is 2.76. The third kappa shape index (κ3) is 2.79. The van der Waals surface area contributed by atoms with Crippen LogP contribution < -0.4 is 10.9 Å². The number of rotatable bonds is 5. The molecule has 18 heavy (non-hydrogen) atoms. The first-order valence-corrected chi connectivity index (χ1v) is 6.97. The van der Waals surface area contributed by atoms with Crippen molar-refractivity contribution in [2.45, 2.75) is 33.4 Å². The Kier molecular flexibility index (Phi) is 4.15. The van der Waals surface area contributed by atoms with Crippen molar-refractivity contribution in [3.63, 3.8) is 0 Å². The summed E-state index contributed by atoms with van der Waals surface area (Å²) in [6.07, 6.45) is 4.33. The molecule has 2 aromatic rings. The molecule has 0 unspecified atom stereocenters. The van der Waals surface area contributed by atoms with Gasteiger partial charge in [-0.25, -0.2) is 4.98 Å². The molecule has 0 radical (unpaired) electrons. The molecule has 0 aliphatic heterocycles. The quantitative estimate of drug-likeness (QED) is 0.902. The van der Waals surface area contributed by atoms with E-state index in [9.17, 15) is 4.79 Å². The van der Waals surface area contributed by atoms with Crippen molar-refractivity contribution in [1.29, 1.82) is 0 Å². The van der Waals surface area contributed by atoms with E-state index in [0.29, 0.717) is 12.4 Å². The number of aryl methyl sites for hydroxylation is 2. The molecule has 4 nitrogen and oxygen atoms in total. The molecule has 2 aromatic heterocycles. The number of thiophene rings is 1. The SMILES string of the molecule is CCCn1ccnc(NCc2cscc2C)c1=O. The highest BCUT2D eigenvalue weighted by Crippen LogP contribution is 2.14. The first kappa shape index (κ1) is 12.8. The Morgan fingerprint density at radius 1 is 1.44 bits per heavy atom. The summed E-state index contributed by atoms with van der Waals surface area (Å²) in [5, 5.41) is 7.31. The van der Waals surface area contributed by atoms with Crippen LogP contribution in [0.3, 0.4) is 0 Å². The van der Waals surface area contributed by atoms with Gasteiger partial charge in [-0.2, -0.15) is 11.3 Å². The first-order chi connectivity index (χ1) is 8.72. The average molecular weight is 263 g/mol. The predicted molar refractivity (Wildman–Crippen MR) is 75.2 cm³/mol. The molecule has 0 saturated carbocycles. The Labute approximate surface area is 110 Å². The number of nitrogens with one attached hydrogen (secondary N) is 1. The van der Waals surface area contributed by atoms with E-state index in [1.807, 2.05) is 0 Å². The lowest BCUT2D eigenvalue weighted by Crippen LogP contribution is -2.24. The molecule has 1 N–H and O–H groups in total. The van der Waals surface area contributed by atoms with Crippen LogP contribution >= 0.6 is 11.3 Å². The predicted octanol–water partition coefficient (Wildman–Crippen LogP) is 2.64. The normalized spacial score (nSPS) is 10.6. The number of hydrogen-bond acceptors (Lipinski definition) is 4. The van der Waals surface area contributed by atoms with E-state index in [0.717, 1.165) is 13.0 Å². The molecule has 96 valence electrons. The fourth-order valence-electron chi connectivity index (χ4n) is 1.73. The molecule has 0 fully saturated rings. The van der Waals surface area contributed by atoms with E-state index < -0.39 is 0 Å². The third-order valence-corrected chi connectivity index (χ3v) is 3.70. The molecule has 0 aliphatic carbocycles. The van der Waals surface area contributed by atoms with E-state index >= 15 is 0 Å². The molecular formula is C13H17N3OS. The van der Waals surface area contributed by atoms with E-state index in [-0.39, 0.29) is 5.56 Å². The molecular weight excluding hydrogens is 246 g/mol. The lowest BCUT2D eigenvalue weighted by molar-refractivity contribution is 0.649. The summed E-state index contributed by atoms with van der Waals surface area (Å²) in [5.74, 6) is 0.427. The van der Waals surface area contributed by atoms with Gasteiger partial charge in [-0.1, -0.05) is 6.92 Å². The third-order valence-electron chi connectivity index (χ3n) is 2.79.